The number of hydrogen-bond donors (Lipinski definition) is 0. The lowest BCUT2D eigenvalue weighted by molar-refractivity contribution is 0.0237. The maximum atomic E-state index is 12.2. The summed E-state index contributed by atoms with van der Waals surface area (Å²) in [6.07, 6.45) is 1.54. The average Bonchev–Trinajstić information content (AvgIpc) is 2.65. The van der Waals surface area contributed by atoms with Gasteiger partial charge in [0.2, 0.25) is 0 Å². The molecule has 0 aromatic heterocycles. The summed E-state index contributed by atoms with van der Waals surface area (Å²) in [5.74, 6) is 0. The zero-order chi connectivity index (χ0) is 20.0. The Morgan fingerprint density at radius 3 is 2.15 bits per heavy atom. The summed E-state index contributed by atoms with van der Waals surface area (Å²) in [5.41, 5.74) is 3.47. The number of carbonyl (C=O) groups is 1. The third-order valence-electron chi connectivity index (χ3n) is 4.84. The van der Waals surface area contributed by atoms with Crippen LogP contribution in [0.1, 0.15) is 58.6 Å². The number of ether oxygens (including phenoxy) is 1. The van der Waals surface area contributed by atoms with Gasteiger partial charge in [-0.3, -0.25) is 4.90 Å². The number of halogens is 1. The normalized spacial score (nSPS) is 15.2. The van der Waals surface area contributed by atoms with Crippen molar-refractivity contribution >= 4 is 26.5 Å². The lowest BCUT2D eigenvalue weighted by atomic mass is 10.0. The summed E-state index contributed by atoms with van der Waals surface area (Å²) in [6.45, 7) is 14.7. The molecule has 1 aromatic rings. The number of likely N-dealkylation sites (tertiary alicyclic amines) is 1. The van der Waals surface area contributed by atoms with Crippen LogP contribution in [0.3, 0.4) is 0 Å². The Morgan fingerprint density at radius 1 is 1.11 bits per heavy atom. The van der Waals surface area contributed by atoms with E-state index in [1.165, 1.54) is 21.2 Å². The smallest absolute Gasteiger partial charge is 0.410 e. The van der Waals surface area contributed by atoms with E-state index in [4.69, 9.17) is 4.74 Å². The van der Waals surface area contributed by atoms with Crippen molar-refractivity contribution in [1.29, 1.82) is 0 Å². The van der Waals surface area contributed by atoms with Crippen molar-refractivity contribution in [3.8, 4) is 0 Å². The monoisotopic (exact) mass is 436 g/mol. The number of piperidine rings is 1. The summed E-state index contributed by atoms with van der Waals surface area (Å²) in [7, 11) is 0. The molecule has 2 rings (SSSR count). The summed E-state index contributed by atoms with van der Waals surface area (Å²) in [5, 5.41) is 0. The van der Waals surface area contributed by atoms with E-state index < -0.39 is 5.60 Å². The first kappa shape index (κ1) is 22.0. The first-order valence-electron chi connectivity index (χ1n) is 9.90. The van der Waals surface area contributed by atoms with Gasteiger partial charge in [-0.1, -0.05) is 59.6 Å². The van der Waals surface area contributed by atoms with Crippen molar-refractivity contribution in [2.24, 2.45) is 0 Å². The molecule has 0 saturated carbocycles. The van der Waals surface area contributed by atoms with E-state index >= 15 is 0 Å². The summed E-state index contributed by atoms with van der Waals surface area (Å²) >= 11 is 3.79. The van der Waals surface area contributed by atoms with Crippen LogP contribution >= 0.6 is 15.9 Å². The third kappa shape index (κ3) is 6.65. The van der Waals surface area contributed by atoms with Crippen molar-refractivity contribution < 1.29 is 9.53 Å². The van der Waals surface area contributed by atoms with Gasteiger partial charge in [0, 0.05) is 24.1 Å². The molecule has 0 aliphatic carbocycles. The van der Waals surface area contributed by atoms with Crippen LogP contribution in [0.15, 0.2) is 29.8 Å². The van der Waals surface area contributed by atoms with Crippen LogP contribution in [0.4, 0.5) is 4.79 Å². The highest BCUT2D eigenvalue weighted by molar-refractivity contribution is 9.15. The third-order valence-corrected chi connectivity index (χ3v) is 5.86. The van der Waals surface area contributed by atoms with E-state index in [1.54, 1.807) is 0 Å². The zero-order valence-corrected chi connectivity index (χ0v) is 18.9. The Balaban J connectivity index is 1.98. The Hall–Kier alpha value is -1.33. The predicted molar refractivity (Wildman–Crippen MR) is 116 cm³/mol. The van der Waals surface area contributed by atoms with Gasteiger partial charge in [-0.15, -0.1) is 0 Å². The second-order valence-electron chi connectivity index (χ2n) is 8.04. The molecule has 5 heteroatoms. The largest absolute Gasteiger partial charge is 0.444 e. The number of rotatable bonds is 5. The maximum absolute atomic E-state index is 12.2. The second-order valence-corrected chi connectivity index (χ2v) is 8.84. The van der Waals surface area contributed by atoms with E-state index in [0.29, 0.717) is 13.1 Å². The number of benzene rings is 1. The minimum absolute atomic E-state index is 0.210. The van der Waals surface area contributed by atoms with Gasteiger partial charge in [-0.05, 0) is 57.8 Å². The van der Waals surface area contributed by atoms with Crippen molar-refractivity contribution in [2.45, 2.75) is 59.6 Å². The molecule has 27 heavy (non-hydrogen) atoms. The van der Waals surface area contributed by atoms with Crippen LogP contribution in [0.2, 0.25) is 0 Å². The highest BCUT2D eigenvalue weighted by Crippen LogP contribution is 2.32. The molecular formula is C22H33BrN2O2. The maximum Gasteiger partial charge on any atom is 0.410 e. The molecule has 0 N–H and O–H groups in total. The van der Waals surface area contributed by atoms with Gasteiger partial charge in [0.05, 0.1) is 0 Å². The van der Waals surface area contributed by atoms with Crippen LogP contribution in [0, 0.1) is 0 Å². The summed E-state index contributed by atoms with van der Waals surface area (Å²) in [4.78, 5) is 16.4. The minimum atomic E-state index is -0.444. The highest BCUT2D eigenvalue weighted by Gasteiger charge is 2.25. The standard InChI is InChI=1S/C22H33BrN2O2/c1-6-24(7-2)16-17-8-10-18(11-9-17)20(23)19-12-14-25(15-13-19)21(26)27-22(3,4)5/h8-11H,6-7,12-16H2,1-5H3. The van der Waals surface area contributed by atoms with E-state index in [-0.39, 0.29) is 6.09 Å². The molecule has 0 atom stereocenters. The van der Waals surface area contributed by atoms with E-state index in [1.807, 2.05) is 25.7 Å². The van der Waals surface area contributed by atoms with Crippen molar-refractivity contribution in [2.75, 3.05) is 26.2 Å². The van der Waals surface area contributed by atoms with E-state index in [2.05, 4.69) is 58.9 Å². The molecule has 0 spiro atoms. The van der Waals surface area contributed by atoms with Gasteiger partial charge in [-0.25, -0.2) is 4.79 Å². The molecule has 150 valence electrons. The fourth-order valence-corrected chi connectivity index (χ4v) is 3.83. The fourth-order valence-electron chi connectivity index (χ4n) is 3.17. The number of amides is 1. The molecule has 4 nitrogen and oxygen atoms in total. The van der Waals surface area contributed by atoms with Gasteiger partial charge in [0.15, 0.2) is 0 Å². The average molecular weight is 437 g/mol. The van der Waals surface area contributed by atoms with Crippen molar-refractivity contribution in [3.05, 3.63) is 41.0 Å². The first-order chi connectivity index (χ1) is 12.7. The Labute approximate surface area is 172 Å². The highest BCUT2D eigenvalue weighted by atomic mass is 79.9. The summed E-state index contributed by atoms with van der Waals surface area (Å²) < 4.78 is 6.64. The Bertz CT molecular complexity index is 648. The predicted octanol–water partition coefficient (Wildman–Crippen LogP) is 5.67. The van der Waals surface area contributed by atoms with Crippen LogP contribution in [-0.2, 0) is 11.3 Å². The van der Waals surface area contributed by atoms with Crippen LogP contribution in [0.5, 0.6) is 0 Å². The van der Waals surface area contributed by atoms with E-state index in [9.17, 15) is 4.79 Å². The second kappa shape index (κ2) is 9.74. The fraction of sp³-hybridized carbons (Fsp3) is 0.591. The molecule has 0 bridgehead atoms. The Morgan fingerprint density at radius 2 is 1.67 bits per heavy atom. The van der Waals surface area contributed by atoms with E-state index in [0.717, 1.165) is 32.5 Å². The molecule has 0 radical (unpaired) electrons. The van der Waals surface area contributed by atoms with Crippen LogP contribution in [0.25, 0.3) is 4.48 Å². The van der Waals surface area contributed by atoms with Crippen molar-refractivity contribution in [3.63, 3.8) is 0 Å². The molecule has 1 saturated heterocycles. The summed E-state index contributed by atoms with van der Waals surface area (Å²) in [6, 6.07) is 8.81. The zero-order valence-electron chi connectivity index (χ0n) is 17.3. The molecule has 0 unspecified atom stereocenters. The molecule has 1 amide bonds. The molecular weight excluding hydrogens is 404 g/mol. The van der Waals surface area contributed by atoms with Gasteiger partial charge in [0.1, 0.15) is 5.60 Å². The lowest BCUT2D eigenvalue weighted by Gasteiger charge is -2.31. The SMILES string of the molecule is CCN(CC)Cc1ccc(C(Br)=C2CCN(C(=O)OC(C)(C)C)CC2)cc1. The lowest BCUT2D eigenvalue weighted by Crippen LogP contribution is -2.40. The van der Waals surface area contributed by atoms with Gasteiger partial charge < -0.3 is 9.64 Å². The van der Waals surface area contributed by atoms with Gasteiger partial charge >= 0.3 is 6.09 Å². The molecule has 1 fully saturated rings. The van der Waals surface area contributed by atoms with Gasteiger partial charge in [-0.2, -0.15) is 0 Å². The number of carbonyl (C=O) groups excluding carboxylic acids is 1. The quantitative estimate of drug-likeness (QED) is 0.596. The van der Waals surface area contributed by atoms with Crippen LogP contribution < -0.4 is 0 Å². The molecule has 1 aliphatic rings. The van der Waals surface area contributed by atoms with Gasteiger partial charge in [0.25, 0.3) is 0 Å². The molecule has 1 heterocycles. The molecule has 1 aromatic carbocycles. The Kier molecular flexibility index (Phi) is 7.92. The molecule has 1 aliphatic heterocycles. The van der Waals surface area contributed by atoms with Crippen LogP contribution in [-0.4, -0.2) is 47.7 Å². The number of hydrogen-bond acceptors (Lipinski definition) is 3. The number of nitrogens with zero attached hydrogens (tertiary/aromatic N) is 2. The topological polar surface area (TPSA) is 32.8 Å². The van der Waals surface area contributed by atoms with Crippen molar-refractivity contribution in [1.82, 2.24) is 9.80 Å². The first-order valence-corrected chi connectivity index (χ1v) is 10.7. The minimum Gasteiger partial charge on any atom is -0.444 e.